The van der Waals surface area contributed by atoms with Crippen LogP contribution in [0.2, 0.25) is 0 Å². The zero-order valence-corrected chi connectivity index (χ0v) is 14.1. The van der Waals surface area contributed by atoms with Crippen molar-refractivity contribution in [3.05, 3.63) is 19.2 Å². The van der Waals surface area contributed by atoms with Crippen molar-refractivity contribution < 1.29 is 14.3 Å². The van der Waals surface area contributed by atoms with Crippen LogP contribution in [0.25, 0.3) is 0 Å². The maximum atomic E-state index is 11.9. The second-order valence-corrected chi connectivity index (χ2v) is 7.14. The van der Waals surface area contributed by atoms with Gasteiger partial charge in [0, 0.05) is 4.47 Å². The van der Waals surface area contributed by atoms with E-state index in [1.807, 2.05) is 0 Å². The molecule has 0 aliphatic heterocycles. The van der Waals surface area contributed by atoms with Gasteiger partial charge in [-0.1, -0.05) is 0 Å². The van der Waals surface area contributed by atoms with Gasteiger partial charge in [-0.2, -0.15) is 0 Å². The lowest BCUT2D eigenvalue weighted by Gasteiger charge is -2.14. The minimum atomic E-state index is -0.667. The number of thiophene rings is 1. The number of nitrogens with one attached hydrogen (secondary N) is 1. The first kappa shape index (κ1) is 15.7. The Balaban J connectivity index is 2.62. The van der Waals surface area contributed by atoms with E-state index in [1.54, 1.807) is 26.8 Å². The lowest BCUT2D eigenvalue weighted by atomic mass is 10.3. The Hall–Kier alpha value is -0.400. The summed E-state index contributed by atoms with van der Waals surface area (Å²) in [5, 5.41) is 2.60. The highest BCUT2D eigenvalue weighted by atomic mass is 79.9. The fraction of sp³-hybridized carbons (Fsp3) is 0.455. The SMILES string of the molecule is CC(C)OC(=O)[C@H](C)NC(=O)c1cc(Br)c(Br)s1. The van der Waals surface area contributed by atoms with E-state index in [0.717, 1.165) is 8.26 Å². The molecule has 1 atom stereocenters. The Labute approximate surface area is 126 Å². The molecule has 1 aromatic rings. The largest absolute Gasteiger partial charge is 0.461 e. The number of amides is 1. The summed E-state index contributed by atoms with van der Waals surface area (Å²) in [6.45, 7) is 5.13. The Bertz CT molecular complexity index is 440. The average molecular weight is 399 g/mol. The third kappa shape index (κ3) is 4.37. The highest BCUT2D eigenvalue weighted by molar-refractivity contribution is 9.13. The van der Waals surface area contributed by atoms with Crippen LogP contribution in [0.1, 0.15) is 30.4 Å². The first-order chi connectivity index (χ1) is 8.31. The monoisotopic (exact) mass is 397 g/mol. The van der Waals surface area contributed by atoms with E-state index >= 15 is 0 Å². The molecule has 0 fully saturated rings. The molecule has 1 amide bonds. The van der Waals surface area contributed by atoms with Gasteiger partial charge in [-0.3, -0.25) is 4.79 Å². The molecule has 0 bridgehead atoms. The molecule has 18 heavy (non-hydrogen) atoms. The summed E-state index contributed by atoms with van der Waals surface area (Å²) in [4.78, 5) is 23.9. The minimum absolute atomic E-state index is 0.193. The molecule has 0 unspecified atom stereocenters. The molecule has 0 aliphatic carbocycles. The second-order valence-electron chi connectivity index (χ2n) is 3.91. The quantitative estimate of drug-likeness (QED) is 0.791. The van der Waals surface area contributed by atoms with Gasteiger partial charge < -0.3 is 10.1 Å². The van der Waals surface area contributed by atoms with Crippen molar-refractivity contribution in [2.75, 3.05) is 0 Å². The molecule has 1 rings (SSSR count). The van der Waals surface area contributed by atoms with Crippen molar-refractivity contribution in [3.8, 4) is 0 Å². The number of ether oxygens (including phenoxy) is 1. The number of carbonyl (C=O) groups is 2. The number of halogens is 2. The van der Waals surface area contributed by atoms with Crippen LogP contribution in [-0.4, -0.2) is 24.0 Å². The number of rotatable bonds is 4. The second kappa shape index (κ2) is 6.68. The molecule has 1 heterocycles. The molecular weight excluding hydrogens is 386 g/mol. The van der Waals surface area contributed by atoms with Gasteiger partial charge in [-0.15, -0.1) is 11.3 Å². The molecule has 0 aromatic carbocycles. The van der Waals surface area contributed by atoms with E-state index in [4.69, 9.17) is 4.74 Å². The molecule has 1 aromatic heterocycles. The Morgan fingerprint density at radius 1 is 1.33 bits per heavy atom. The van der Waals surface area contributed by atoms with Crippen LogP contribution in [0.3, 0.4) is 0 Å². The lowest BCUT2D eigenvalue weighted by Crippen LogP contribution is -2.40. The molecule has 0 aliphatic rings. The van der Waals surface area contributed by atoms with Crippen molar-refractivity contribution in [1.29, 1.82) is 0 Å². The van der Waals surface area contributed by atoms with Crippen LogP contribution >= 0.6 is 43.2 Å². The lowest BCUT2D eigenvalue weighted by molar-refractivity contribution is -0.149. The van der Waals surface area contributed by atoms with Crippen molar-refractivity contribution >= 4 is 55.1 Å². The summed E-state index contributed by atoms with van der Waals surface area (Å²) >= 11 is 7.91. The van der Waals surface area contributed by atoms with Crippen LogP contribution in [0.4, 0.5) is 0 Å². The van der Waals surface area contributed by atoms with Crippen LogP contribution in [0.15, 0.2) is 14.3 Å². The molecular formula is C11H13Br2NO3S. The Morgan fingerprint density at radius 2 is 1.94 bits per heavy atom. The van der Waals surface area contributed by atoms with Crippen molar-refractivity contribution in [1.82, 2.24) is 5.32 Å². The third-order valence-corrected chi connectivity index (χ3v) is 5.18. The zero-order valence-electron chi connectivity index (χ0n) is 10.1. The first-order valence-electron chi connectivity index (χ1n) is 5.27. The summed E-state index contributed by atoms with van der Waals surface area (Å²) in [7, 11) is 0. The standard InChI is InChI=1S/C11H13Br2NO3S/c1-5(2)17-11(16)6(3)14-10(15)8-4-7(12)9(13)18-8/h4-6H,1-3H3,(H,14,15)/t6-/m0/s1. The van der Waals surface area contributed by atoms with Crippen molar-refractivity contribution in [3.63, 3.8) is 0 Å². The molecule has 0 saturated heterocycles. The molecule has 7 heteroatoms. The van der Waals surface area contributed by atoms with Gasteiger partial charge in [0.15, 0.2) is 0 Å². The predicted molar refractivity (Wildman–Crippen MR) is 77.9 cm³/mol. The molecule has 0 spiro atoms. The Kier molecular flexibility index (Phi) is 5.81. The van der Waals surface area contributed by atoms with Crippen LogP contribution in [0.5, 0.6) is 0 Å². The fourth-order valence-electron chi connectivity index (χ4n) is 1.12. The highest BCUT2D eigenvalue weighted by Gasteiger charge is 2.20. The number of esters is 1. The predicted octanol–water partition coefficient (Wildman–Crippen LogP) is 3.34. The summed E-state index contributed by atoms with van der Waals surface area (Å²) in [5.41, 5.74) is 0. The van der Waals surface area contributed by atoms with Crippen LogP contribution < -0.4 is 5.32 Å². The normalized spacial score (nSPS) is 12.3. The number of hydrogen-bond acceptors (Lipinski definition) is 4. The smallest absolute Gasteiger partial charge is 0.328 e. The van der Waals surface area contributed by atoms with E-state index in [2.05, 4.69) is 37.2 Å². The van der Waals surface area contributed by atoms with E-state index in [1.165, 1.54) is 11.3 Å². The van der Waals surface area contributed by atoms with Crippen molar-refractivity contribution in [2.45, 2.75) is 32.9 Å². The molecule has 1 N–H and O–H groups in total. The van der Waals surface area contributed by atoms with Crippen molar-refractivity contribution in [2.24, 2.45) is 0 Å². The Morgan fingerprint density at radius 3 is 2.39 bits per heavy atom. The number of carbonyl (C=O) groups excluding carboxylic acids is 2. The molecule has 100 valence electrons. The first-order valence-corrected chi connectivity index (χ1v) is 7.67. The van der Waals surface area contributed by atoms with Gasteiger partial charge >= 0.3 is 5.97 Å². The molecule has 0 saturated carbocycles. The summed E-state index contributed by atoms with van der Waals surface area (Å²) in [6, 6.07) is 1.03. The van der Waals surface area contributed by atoms with Gasteiger partial charge in [0.05, 0.1) is 14.8 Å². The van der Waals surface area contributed by atoms with Gasteiger partial charge in [0.1, 0.15) is 6.04 Å². The van der Waals surface area contributed by atoms with E-state index in [9.17, 15) is 9.59 Å². The maximum absolute atomic E-state index is 11.9. The van der Waals surface area contributed by atoms with Gasteiger partial charge in [-0.05, 0) is 58.7 Å². The average Bonchev–Trinajstić information content (AvgIpc) is 2.58. The van der Waals surface area contributed by atoms with E-state index in [0.29, 0.717) is 4.88 Å². The molecule has 4 nitrogen and oxygen atoms in total. The maximum Gasteiger partial charge on any atom is 0.328 e. The molecule has 0 radical (unpaired) electrons. The highest BCUT2D eigenvalue weighted by Crippen LogP contribution is 2.32. The van der Waals surface area contributed by atoms with Gasteiger partial charge in [0.25, 0.3) is 5.91 Å². The zero-order chi connectivity index (χ0) is 13.9. The van der Waals surface area contributed by atoms with Gasteiger partial charge in [0.2, 0.25) is 0 Å². The third-order valence-electron chi connectivity index (χ3n) is 1.92. The van der Waals surface area contributed by atoms with Crippen LogP contribution in [-0.2, 0) is 9.53 Å². The van der Waals surface area contributed by atoms with E-state index < -0.39 is 12.0 Å². The number of hydrogen-bond donors (Lipinski definition) is 1. The van der Waals surface area contributed by atoms with Gasteiger partial charge in [-0.25, -0.2) is 4.79 Å². The summed E-state index contributed by atoms with van der Waals surface area (Å²) in [5.74, 6) is -0.729. The van der Waals surface area contributed by atoms with Crippen LogP contribution in [0, 0.1) is 0 Å². The summed E-state index contributed by atoms with van der Waals surface area (Å²) < 4.78 is 6.66. The fourth-order valence-corrected chi connectivity index (χ4v) is 3.06. The summed E-state index contributed by atoms with van der Waals surface area (Å²) in [6.07, 6.45) is -0.193. The topological polar surface area (TPSA) is 55.4 Å². The minimum Gasteiger partial charge on any atom is -0.461 e. The van der Waals surface area contributed by atoms with E-state index in [-0.39, 0.29) is 12.0 Å².